The van der Waals surface area contributed by atoms with Gasteiger partial charge in [0.25, 0.3) is 5.91 Å². The molecule has 1 aliphatic rings. The van der Waals surface area contributed by atoms with Crippen molar-refractivity contribution in [2.24, 2.45) is 0 Å². The van der Waals surface area contributed by atoms with Gasteiger partial charge in [-0.25, -0.2) is 0 Å². The van der Waals surface area contributed by atoms with Crippen molar-refractivity contribution in [2.45, 2.75) is 25.5 Å². The molecule has 4 rings (SSSR count). The predicted molar refractivity (Wildman–Crippen MR) is 147 cm³/mol. The summed E-state index contributed by atoms with van der Waals surface area (Å²) in [6.07, 6.45) is 0.549. The van der Waals surface area contributed by atoms with E-state index in [4.69, 9.17) is 21.7 Å². The fourth-order valence-corrected chi connectivity index (χ4v) is 4.33. The van der Waals surface area contributed by atoms with Crippen molar-refractivity contribution in [2.75, 3.05) is 19.7 Å². The van der Waals surface area contributed by atoms with Crippen LogP contribution in [0.4, 0.5) is 0 Å². The molecule has 1 aliphatic heterocycles. The van der Waals surface area contributed by atoms with Crippen LogP contribution in [0.15, 0.2) is 84.9 Å². The molecule has 1 fully saturated rings. The molecule has 9 heteroatoms. The van der Waals surface area contributed by atoms with Crippen LogP contribution >= 0.6 is 12.2 Å². The van der Waals surface area contributed by atoms with E-state index in [-0.39, 0.29) is 24.0 Å². The minimum Gasteiger partial charge on any atom is -0.493 e. The van der Waals surface area contributed by atoms with Crippen LogP contribution in [-0.4, -0.2) is 53.5 Å². The molecule has 3 aromatic carbocycles. The van der Waals surface area contributed by atoms with Crippen LogP contribution in [0.3, 0.4) is 0 Å². The lowest BCUT2D eigenvalue weighted by atomic mass is 10.1. The van der Waals surface area contributed by atoms with Crippen molar-refractivity contribution in [3.63, 3.8) is 0 Å². The Hall–Kier alpha value is -4.24. The first-order chi connectivity index (χ1) is 18.5. The predicted octanol–water partition coefficient (Wildman–Crippen LogP) is 3.26. The van der Waals surface area contributed by atoms with E-state index in [2.05, 4.69) is 10.6 Å². The zero-order valence-corrected chi connectivity index (χ0v) is 21.6. The van der Waals surface area contributed by atoms with Crippen LogP contribution in [0.25, 0.3) is 0 Å². The third-order valence-corrected chi connectivity index (χ3v) is 6.35. The van der Waals surface area contributed by atoms with Gasteiger partial charge in [0.05, 0.1) is 13.0 Å². The first kappa shape index (κ1) is 26.8. The Morgan fingerprint density at radius 3 is 2.42 bits per heavy atom. The summed E-state index contributed by atoms with van der Waals surface area (Å²) in [6, 6.07) is 25.2. The third kappa shape index (κ3) is 7.63. The normalized spacial score (nSPS) is 14.8. The molecule has 8 nitrogen and oxygen atoms in total. The summed E-state index contributed by atoms with van der Waals surface area (Å²) in [5.74, 6) is -0.746. The molecule has 0 saturated carbocycles. The maximum Gasteiger partial charge on any atom is 0.308 e. The maximum atomic E-state index is 12.9. The molecule has 2 amide bonds. The van der Waals surface area contributed by atoms with Gasteiger partial charge in [0.15, 0.2) is 5.11 Å². The van der Waals surface area contributed by atoms with E-state index >= 15 is 0 Å². The molecule has 0 bridgehead atoms. The Morgan fingerprint density at radius 2 is 1.68 bits per heavy atom. The Kier molecular flexibility index (Phi) is 9.42. The van der Waals surface area contributed by atoms with E-state index in [1.165, 1.54) is 0 Å². The van der Waals surface area contributed by atoms with Crippen LogP contribution in [-0.2, 0) is 27.4 Å². The van der Waals surface area contributed by atoms with Crippen molar-refractivity contribution in [1.29, 1.82) is 0 Å². The van der Waals surface area contributed by atoms with E-state index in [0.29, 0.717) is 31.0 Å². The molecule has 0 radical (unpaired) electrons. The molecule has 0 aliphatic carbocycles. The third-order valence-electron chi connectivity index (χ3n) is 6.01. The number of ether oxygens (including phenoxy) is 2. The van der Waals surface area contributed by atoms with Gasteiger partial charge in [-0.3, -0.25) is 19.7 Å². The van der Waals surface area contributed by atoms with Crippen molar-refractivity contribution in [3.05, 3.63) is 102 Å². The topological polar surface area (TPSA) is 97.0 Å². The van der Waals surface area contributed by atoms with Crippen molar-refractivity contribution in [1.82, 2.24) is 15.5 Å². The summed E-state index contributed by atoms with van der Waals surface area (Å²) in [7, 11) is 0. The number of hydrogen-bond donors (Lipinski definition) is 2. The second kappa shape index (κ2) is 13.3. The monoisotopic (exact) mass is 531 g/mol. The first-order valence-corrected chi connectivity index (χ1v) is 12.8. The molecule has 1 unspecified atom stereocenters. The van der Waals surface area contributed by atoms with Gasteiger partial charge >= 0.3 is 5.97 Å². The SMILES string of the molecule is O=C(CC1C(=O)NCCN1C(=S)NC(=O)c1cccc(OCCc2ccccc2)c1)OCc1ccccc1. The number of nitrogens with one attached hydrogen (secondary N) is 2. The van der Waals surface area contributed by atoms with Crippen LogP contribution in [0.5, 0.6) is 5.75 Å². The molecule has 1 saturated heterocycles. The number of esters is 1. The molecule has 0 spiro atoms. The summed E-state index contributed by atoms with van der Waals surface area (Å²) < 4.78 is 11.2. The Balaban J connectivity index is 1.32. The molecule has 0 aromatic heterocycles. The summed E-state index contributed by atoms with van der Waals surface area (Å²) in [6.45, 7) is 1.27. The van der Waals surface area contributed by atoms with Crippen molar-refractivity contribution in [3.8, 4) is 5.75 Å². The summed E-state index contributed by atoms with van der Waals surface area (Å²) in [5.41, 5.74) is 2.38. The lowest BCUT2D eigenvalue weighted by Gasteiger charge is -2.36. The lowest BCUT2D eigenvalue weighted by molar-refractivity contribution is -0.148. The molecule has 1 atom stereocenters. The minimum atomic E-state index is -0.882. The van der Waals surface area contributed by atoms with E-state index in [1.807, 2.05) is 60.7 Å². The number of benzene rings is 3. The Bertz CT molecular complexity index is 1270. The van der Waals surface area contributed by atoms with Gasteiger partial charge < -0.3 is 19.7 Å². The van der Waals surface area contributed by atoms with Gasteiger partial charge in [-0.2, -0.15) is 0 Å². The second-order valence-corrected chi connectivity index (χ2v) is 9.11. The molecular formula is C29H29N3O5S. The number of piperazine rings is 1. The van der Waals surface area contributed by atoms with Gasteiger partial charge in [0.1, 0.15) is 18.4 Å². The fraction of sp³-hybridized carbons (Fsp3) is 0.241. The Morgan fingerprint density at radius 1 is 0.974 bits per heavy atom. The number of amides is 2. The minimum absolute atomic E-state index is 0.0705. The van der Waals surface area contributed by atoms with Gasteiger partial charge in [-0.1, -0.05) is 66.7 Å². The second-order valence-electron chi connectivity index (χ2n) is 8.72. The summed E-state index contributed by atoms with van der Waals surface area (Å²) in [4.78, 5) is 39.5. The van der Waals surface area contributed by atoms with E-state index in [0.717, 1.165) is 17.5 Å². The van der Waals surface area contributed by atoms with Gasteiger partial charge in [0.2, 0.25) is 5.91 Å². The maximum absolute atomic E-state index is 12.9. The number of rotatable bonds is 9. The first-order valence-electron chi connectivity index (χ1n) is 12.4. The van der Waals surface area contributed by atoms with Crippen LogP contribution in [0.2, 0.25) is 0 Å². The van der Waals surface area contributed by atoms with Crippen LogP contribution < -0.4 is 15.4 Å². The highest BCUT2D eigenvalue weighted by Crippen LogP contribution is 2.16. The average Bonchev–Trinajstić information content (AvgIpc) is 2.94. The van der Waals surface area contributed by atoms with Crippen molar-refractivity contribution < 1.29 is 23.9 Å². The smallest absolute Gasteiger partial charge is 0.308 e. The van der Waals surface area contributed by atoms with Gasteiger partial charge in [-0.05, 0) is 41.5 Å². The zero-order chi connectivity index (χ0) is 26.7. The number of carbonyl (C=O) groups is 3. The van der Waals surface area contributed by atoms with E-state index in [1.54, 1.807) is 29.2 Å². The van der Waals surface area contributed by atoms with E-state index < -0.39 is 17.9 Å². The molecule has 1 heterocycles. The lowest BCUT2D eigenvalue weighted by Crippen LogP contribution is -2.60. The van der Waals surface area contributed by atoms with E-state index in [9.17, 15) is 14.4 Å². The molecule has 3 aromatic rings. The Labute approximate surface area is 226 Å². The number of thiocarbonyl (C=S) groups is 1. The summed E-state index contributed by atoms with van der Waals surface area (Å²) in [5, 5.41) is 5.50. The fourth-order valence-electron chi connectivity index (χ4n) is 4.02. The number of hydrogen-bond acceptors (Lipinski definition) is 6. The number of carbonyl (C=O) groups excluding carboxylic acids is 3. The highest BCUT2D eigenvalue weighted by atomic mass is 32.1. The average molecular weight is 532 g/mol. The molecule has 196 valence electrons. The van der Waals surface area contributed by atoms with Gasteiger partial charge in [-0.15, -0.1) is 0 Å². The highest BCUT2D eigenvalue weighted by molar-refractivity contribution is 7.80. The molecule has 38 heavy (non-hydrogen) atoms. The van der Waals surface area contributed by atoms with Gasteiger partial charge in [0, 0.05) is 25.1 Å². The van der Waals surface area contributed by atoms with Crippen LogP contribution in [0, 0.1) is 0 Å². The largest absolute Gasteiger partial charge is 0.493 e. The van der Waals surface area contributed by atoms with Crippen molar-refractivity contribution >= 4 is 35.1 Å². The molecule has 2 N–H and O–H groups in total. The number of nitrogens with zero attached hydrogens (tertiary/aromatic N) is 1. The van der Waals surface area contributed by atoms with Crippen LogP contribution in [0.1, 0.15) is 27.9 Å². The standard InChI is InChI=1S/C29H29N3O5S/c33-26(37-20-22-10-5-2-6-11-22)19-25-28(35)30-15-16-32(25)29(38)31-27(34)23-12-7-13-24(18-23)36-17-14-21-8-3-1-4-9-21/h1-13,18,25H,14-17,19-20H2,(H,30,35)(H,31,34,38). The highest BCUT2D eigenvalue weighted by Gasteiger charge is 2.34. The summed E-state index contributed by atoms with van der Waals surface area (Å²) >= 11 is 5.46. The quantitative estimate of drug-likeness (QED) is 0.323. The molecular weight excluding hydrogens is 502 g/mol. The zero-order valence-electron chi connectivity index (χ0n) is 20.8.